The number of aromatic nitrogens is 2. The molecule has 1 atom stereocenters. The van der Waals surface area contributed by atoms with Gasteiger partial charge in [0.1, 0.15) is 0 Å². The number of imidazole rings is 1. The number of aryl methyl sites for hydroxylation is 1. The van der Waals surface area contributed by atoms with Crippen LogP contribution >= 0.6 is 0 Å². The normalized spacial score (nSPS) is 11.1. The lowest BCUT2D eigenvalue weighted by molar-refractivity contribution is -0.126. The minimum absolute atomic E-state index is 0.0276. The average Bonchev–Trinajstić information content (AvgIpc) is 2.80. The smallest absolute Gasteiger partial charge is 0.217 e. The van der Waals surface area contributed by atoms with Gasteiger partial charge in [-0.15, -0.1) is 0 Å². The van der Waals surface area contributed by atoms with E-state index < -0.39 is 6.04 Å². The first kappa shape index (κ1) is 15.3. The number of carbonyl (C=O) groups is 2. The van der Waals surface area contributed by atoms with Crippen molar-refractivity contribution < 1.29 is 9.59 Å². The zero-order valence-electron chi connectivity index (χ0n) is 10.9. The van der Waals surface area contributed by atoms with E-state index in [1.807, 2.05) is 13.8 Å². The molecule has 0 aliphatic rings. The van der Waals surface area contributed by atoms with Crippen molar-refractivity contribution >= 4 is 11.7 Å². The van der Waals surface area contributed by atoms with E-state index in [0.717, 1.165) is 5.69 Å². The van der Waals surface area contributed by atoms with Crippen LogP contribution in [0.4, 0.5) is 0 Å². The summed E-state index contributed by atoms with van der Waals surface area (Å²) in [5.41, 5.74) is 0.929. The third-order valence-corrected chi connectivity index (χ3v) is 2.10. The monoisotopic (exact) mass is 239 g/mol. The highest BCUT2D eigenvalue weighted by Crippen LogP contribution is 2.00. The fraction of sp³-hybridized carbons (Fsp3) is 0.583. The van der Waals surface area contributed by atoms with Crippen molar-refractivity contribution in [3.05, 3.63) is 18.2 Å². The number of hydrogen-bond acceptors (Lipinski definition) is 3. The lowest BCUT2D eigenvalue weighted by Gasteiger charge is -2.10. The van der Waals surface area contributed by atoms with Crippen molar-refractivity contribution in [2.45, 2.75) is 46.6 Å². The van der Waals surface area contributed by atoms with E-state index in [1.54, 1.807) is 19.4 Å². The Morgan fingerprint density at radius 1 is 1.47 bits per heavy atom. The lowest BCUT2D eigenvalue weighted by Crippen LogP contribution is -2.37. The first-order chi connectivity index (χ1) is 8.09. The molecule has 0 spiro atoms. The van der Waals surface area contributed by atoms with Crippen molar-refractivity contribution in [3.63, 3.8) is 0 Å². The predicted molar refractivity (Wildman–Crippen MR) is 66.5 cm³/mol. The summed E-state index contributed by atoms with van der Waals surface area (Å²) in [6.07, 6.45) is 4.31. The third-order valence-electron chi connectivity index (χ3n) is 2.10. The van der Waals surface area contributed by atoms with Crippen LogP contribution in [0.3, 0.4) is 0 Å². The molecule has 5 heteroatoms. The summed E-state index contributed by atoms with van der Waals surface area (Å²) < 4.78 is 0. The van der Waals surface area contributed by atoms with E-state index in [1.165, 1.54) is 6.92 Å². The van der Waals surface area contributed by atoms with Crippen molar-refractivity contribution in [1.29, 1.82) is 0 Å². The molecule has 17 heavy (non-hydrogen) atoms. The maximum atomic E-state index is 11.5. The Labute approximate surface area is 102 Å². The second kappa shape index (κ2) is 8.50. The van der Waals surface area contributed by atoms with Gasteiger partial charge in [0.15, 0.2) is 5.78 Å². The van der Waals surface area contributed by atoms with Gasteiger partial charge in [-0.1, -0.05) is 13.8 Å². The maximum Gasteiger partial charge on any atom is 0.217 e. The molecule has 0 bridgehead atoms. The second-order valence-corrected chi connectivity index (χ2v) is 3.47. The van der Waals surface area contributed by atoms with Gasteiger partial charge in [-0.25, -0.2) is 4.98 Å². The number of ketones is 1. The topological polar surface area (TPSA) is 74.8 Å². The fourth-order valence-corrected chi connectivity index (χ4v) is 1.28. The molecule has 0 saturated carbocycles. The molecule has 96 valence electrons. The summed E-state index contributed by atoms with van der Waals surface area (Å²) >= 11 is 0. The molecule has 0 fully saturated rings. The van der Waals surface area contributed by atoms with Gasteiger partial charge in [0.2, 0.25) is 5.91 Å². The van der Waals surface area contributed by atoms with E-state index in [2.05, 4.69) is 15.3 Å². The van der Waals surface area contributed by atoms with Gasteiger partial charge < -0.3 is 10.3 Å². The van der Waals surface area contributed by atoms with Crippen LogP contribution in [0, 0.1) is 0 Å². The Morgan fingerprint density at radius 2 is 2.12 bits per heavy atom. The summed E-state index contributed by atoms with van der Waals surface area (Å²) in [6.45, 7) is 7.09. The van der Waals surface area contributed by atoms with Crippen LogP contribution in [-0.4, -0.2) is 27.7 Å². The van der Waals surface area contributed by atoms with Crippen LogP contribution in [-0.2, 0) is 16.0 Å². The molecule has 1 aromatic heterocycles. The molecule has 5 nitrogen and oxygen atoms in total. The number of nitrogens with one attached hydrogen (secondary N) is 2. The van der Waals surface area contributed by atoms with Crippen LogP contribution in [0.2, 0.25) is 0 Å². The molecule has 0 saturated heterocycles. The van der Waals surface area contributed by atoms with E-state index in [9.17, 15) is 9.59 Å². The Bertz CT molecular complexity index is 334. The standard InChI is InChI=1S/C10H15N3O2.C2H6/c1-7(13-8(2)14)10(15)4-3-9-5-11-6-12-9;1-2/h5-7H,3-4H2,1-2H3,(H,11,12)(H,13,14);1-2H3/t7-;/m0./s1. The molecular formula is C12H21N3O2. The lowest BCUT2D eigenvalue weighted by atomic mass is 10.1. The van der Waals surface area contributed by atoms with Crippen LogP contribution < -0.4 is 5.32 Å². The maximum absolute atomic E-state index is 11.5. The Hall–Kier alpha value is -1.65. The largest absolute Gasteiger partial charge is 0.348 e. The number of nitrogens with zero attached hydrogens (tertiary/aromatic N) is 1. The van der Waals surface area contributed by atoms with Crippen LogP contribution in [0.5, 0.6) is 0 Å². The van der Waals surface area contributed by atoms with Gasteiger partial charge in [-0.05, 0) is 13.3 Å². The summed E-state index contributed by atoms with van der Waals surface area (Å²) in [5, 5.41) is 2.56. The number of amides is 1. The quantitative estimate of drug-likeness (QED) is 0.817. The predicted octanol–water partition coefficient (Wildman–Crippen LogP) is 1.46. The van der Waals surface area contributed by atoms with E-state index in [0.29, 0.717) is 12.8 Å². The number of carbonyl (C=O) groups excluding carboxylic acids is 2. The minimum Gasteiger partial charge on any atom is -0.348 e. The number of Topliss-reactive ketones (excluding diaryl/α,β-unsaturated/α-hetero) is 1. The summed E-state index contributed by atoms with van der Waals surface area (Å²) in [4.78, 5) is 29.0. The average molecular weight is 239 g/mol. The Balaban J connectivity index is 0.00000121. The Morgan fingerprint density at radius 3 is 2.59 bits per heavy atom. The highest BCUT2D eigenvalue weighted by atomic mass is 16.2. The fourth-order valence-electron chi connectivity index (χ4n) is 1.28. The van der Waals surface area contributed by atoms with Crippen LogP contribution in [0.15, 0.2) is 12.5 Å². The minimum atomic E-state index is -0.412. The van der Waals surface area contributed by atoms with Crippen molar-refractivity contribution in [3.8, 4) is 0 Å². The second-order valence-electron chi connectivity index (χ2n) is 3.47. The zero-order chi connectivity index (χ0) is 13.3. The van der Waals surface area contributed by atoms with Crippen molar-refractivity contribution in [1.82, 2.24) is 15.3 Å². The molecule has 0 radical (unpaired) electrons. The molecule has 1 amide bonds. The molecule has 1 rings (SSSR count). The Kier molecular flexibility index (Phi) is 7.67. The molecule has 2 N–H and O–H groups in total. The molecule has 0 unspecified atom stereocenters. The summed E-state index contributed by atoms with van der Waals surface area (Å²) in [7, 11) is 0. The highest BCUT2D eigenvalue weighted by molar-refractivity contribution is 5.88. The van der Waals surface area contributed by atoms with Gasteiger partial charge in [-0.3, -0.25) is 9.59 Å². The van der Waals surface area contributed by atoms with E-state index >= 15 is 0 Å². The van der Waals surface area contributed by atoms with E-state index in [4.69, 9.17) is 0 Å². The molecule has 0 aliphatic heterocycles. The number of aromatic amines is 1. The van der Waals surface area contributed by atoms with Gasteiger partial charge >= 0.3 is 0 Å². The number of H-pyrrole nitrogens is 1. The molecule has 1 heterocycles. The number of rotatable bonds is 5. The highest BCUT2D eigenvalue weighted by Gasteiger charge is 2.13. The first-order valence-electron chi connectivity index (χ1n) is 5.86. The van der Waals surface area contributed by atoms with Gasteiger partial charge in [0.25, 0.3) is 0 Å². The third kappa shape index (κ3) is 6.50. The first-order valence-corrected chi connectivity index (χ1v) is 5.86. The molecular weight excluding hydrogens is 218 g/mol. The SMILES string of the molecule is CC.CC(=O)N[C@@H](C)C(=O)CCc1cnc[nH]1. The summed E-state index contributed by atoms with van der Waals surface area (Å²) in [6, 6.07) is -0.412. The van der Waals surface area contributed by atoms with Gasteiger partial charge in [-0.2, -0.15) is 0 Å². The zero-order valence-corrected chi connectivity index (χ0v) is 10.9. The van der Waals surface area contributed by atoms with Gasteiger partial charge in [0.05, 0.1) is 12.4 Å². The summed E-state index contributed by atoms with van der Waals surface area (Å²) in [5.74, 6) is -0.155. The van der Waals surface area contributed by atoms with Crippen molar-refractivity contribution in [2.24, 2.45) is 0 Å². The molecule has 0 aromatic carbocycles. The van der Waals surface area contributed by atoms with Gasteiger partial charge in [0, 0.05) is 25.2 Å². The molecule has 1 aromatic rings. The van der Waals surface area contributed by atoms with E-state index in [-0.39, 0.29) is 11.7 Å². The molecule has 0 aliphatic carbocycles. The van der Waals surface area contributed by atoms with Crippen LogP contribution in [0.1, 0.15) is 39.8 Å². The van der Waals surface area contributed by atoms with Crippen molar-refractivity contribution in [2.75, 3.05) is 0 Å². The number of hydrogen-bond donors (Lipinski definition) is 2. The van der Waals surface area contributed by atoms with Crippen LogP contribution in [0.25, 0.3) is 0 Å².